The number of carbonyl (C=O) groups excluding carboxylic acids is 2. The largest absolute Gasteiger partial charge is 0.449 e. The van der Waals surface area contributed by atoms with E-state index in [0.717, 1.165) is 38.5 Å². The Balaban J connectivity index is 0.00000173. The predicted molar refractivity (Wildman–Crippen MR) is 153 cm³/mol. The number of nitrogen functional groups attached to an aromatic ring is 1. The van der Waals surface area contributed by atoms with Crippen molar-refractivity contribution in [3.63, 3.8) is 0 Å². The van der Waals surface area contributed by atoms with Gasteiger partial charge in [-0.2, -0.15) is 0 Å². The summed E-state index contributed by atoms with van der Waals surface area (Å²) in [4.78, 5) is 39.5. The number of anilines is 1. The van der Waals surface area contributed by atoms with Crippen LogP contribution in [0.1, 0.15) is 77.3 Å². The molecule has 2 aromatic rings. The molecule has 4 heterocycles. The molecule has 2 aliphatic heterocycles. The van der Waals surface area contributed by atoms with Crippen molar-refractivity contribution in [2.75, 3.05) is 25.4 Å². The molecule has 4 atom stereocenters. The number of imidazole rings is 1. The molecule has 2 saturated heterocycles. The highest BCUT2D eigenvalue weighted by atomic mass is 16.6. The third-order valence-corrected chi connectivity index (χ3v) is 8.27. The van der Waals surface area contributed by atoms with Crippen LogP contribution in [-0.4, -0.2) is 90.7 Å². The standard InChI is InChI=1S/C27H35N7O6.C2H6/c28-23-19-24(34(14-29-19)26-21(36)20(35)22(40-26)25(37)30-17-7-8-17)32-18(31-23)6-2-3-15-9-11-33(12-10-15)27(38)39-13-16-4-1-5-16;1-2/h14-17,20-22,26,35-36H,1,3-5,7-13H2,(H,30,37)(H2,28,31,32);1-2H3/t20-,21?,22+,26-;/m1./s1. The van der Waals surface area contributed by atoms with E-state index >= 15 is 0 Å². The minimum absolute atomic E-state index is 0.0906. The number of aliphatic hydroxyl groups excluding tert-OH is 2. The van der Waals surface area contributed by atoms with Gasteiger partial charge < -0.3 is 35.6 Å². The summed E-state index contributed by atoms with van der Waals surface area (Å²) in [5.41, 5.74) is 6.71. The quantitative estimate of drug-likeness (QED) is 0.366. The lowest BCUT2D eigenvalue weighted by Gasteiger charge is -2.32. The van der Waals surface area contributed by atoms with Crippen LogP contribution in [0, 0.1) is 23.7 Å². The normalized spacial score (nSPS) is 26.0. The highest BCUT2D eigenvalue weighted by Crippen LogP contribution is 2.33. The molecule has 0 aromatic carbocycles. The van der Waals surface area contributed by atoms with Gasteiger partial charge in [0, 0.05) is 25.6 Å². The first kappa shape index (κ1) is 30.0. The molecule has 6 rings (SSSR count). The molecule has 13 nitrogen and oxygen atoms in total. The second kappa shape index (κ2) is 13.2. The number of rotatable bonds is 6. The number of aromatic nitrogens is 4. The number of nitrogens with two attached hydrogens (primary N) is 1. The van der Waals surface area contributed by atoms with Gasteiger partial charge >= 0.3 is 6.09 Å². The van der Waals surface area contributed by atoms with E-state index in [1.807, 2.05) is 13.8 Å². The Bertz CT molecular complexity index is 1320. The molecule has 13 heteroatoms. The van der Waals surface area contributed by atoms with Crippen LogP contribution in [0.2, 0.25) is 0 Å². The SMILES string of the molecule is CC.Nc1nc(C#CCC2CCN(C(=O)OCC3CCC3)CC2)nc2c1ncn2[C@@H]1O[C@H](C(=O)NC2CC2)[C@H](O)C1O. The van der Waals surface area contributed by atoms with E-state index in [9.17, 15) is 19.8 Å². The Morgan fingerprint density at radius 3 is 2.50 bits per heavy atom. The first-order valence-electron chi connectivity index (χ1n) is 15.1. The summed E-state index contributed by atoms with van der Waals surface area (Å²) in [6, 6.07) is 0.0906. The van der Waals surface area contributed by atoms with Crippen molar-refractivity contribution in [3.8, 4) is 11.8 Å². The number of nitrogens with one attached hydrogen (secondary N) is 1. The molecular weight excluding hydrogens is 542 g/mol. The molecule has 0 spiro atoms. The van der Waals surface area contributed by atoms with Crippen LogP contribution in [0.5, 0.6) is 0 Å². The molecule has 1 unspecified atom stereocenters. The Labute approximate surface area is 245 Å². The third kappa shape index (κ3) is 6.61. The van der Waals surface area contributed by atoms with Crippen LogP contribution >= 0.6 is 0 Å². The number of aliphatic hydroxyl groups is 2. The first-order chi connectivity index (χ1) is 20.4. The van der Waals surface area contributed by atoms with Crippen molar-refractivity contribution in [2.24, 2.45) is 11.8 Å². The van der Waals surface area contributed by atoms with E-state index in [2.05, 4.69) is 32.1 Å². The summed E-state index contributed by atoms with van der Waals surface area (Å²) in [7, 11) is 0. The zero-order chi connectivity index (χ0) is 29.8. The van der Waals surface area contributed by atoms with Gasteiger partial charge in [0.25, 0.3) is 5.91 Å². The van der Waals surface area contributed by atoms with Gasteiger partial charge in [0.2, 0.25) is 5.82 Å². The zero-order valence-corrected chi connectivity index (χ0v) is 24.2. The number of likely N-dealkylation sites (tertiary alicyclic amines) is 1. The van der Waals surface area contributed by atoms with Crippen LogP contribution in [0.25, 0.3) is 11.2 Å². The molecule has 0 bridgehead atoms. The van der Waals surface area contributed by atoms with Crippen molar-refractivity contribution in [3.05, 3.63) is 12.2 Å². The van der Waals surface area contributed by atoms with E-state index in [1.165, 1.54) is 17.3 Å². The third-order valence-electron chi connectivity index (χ3n) is 8.27. The van der Waals surface area contributed by atoms with Gasteiger partial charge in [0.15, 0.2) is 23.8 Å². The van der Waals surface area contributed by atoms with E-state index < -0.39 is 30.4 Å². The first-order valence-corrected chi connectivity index (χ1v) is 15.1. The van der Waals surface area contributed by atoms with Crippen molar-refractivity contribution in [1.82, 2.24) is 29.7 Å². The topological polar surface area (TPSA) is 178 Å². The molecule has 4 aliphatic rings. The lowest BCUT2D eigenvalue weighted by atomic mass is 9.86. The smallest absolute Gasteiger partial charge is 0.409 e. The number of amides is 2. The summed E-state index contributed by atoms with van der Waals surface area (Å²) in [5.74, 6) is 6.84. The van der Waals surface area contributed by atoms with Crippen LogP contribution in [-0.2, 0) is 14.3 Å². The Morgan fingerprint density at radius 2 is 1.83 bits per heavy atom. The predicted octanol–water partition coefficient (Wildman–Crippen LogP) is 1.72. The van der Waals surface area contributed by atoms with Gasteiger partial charge in [-0.15, -0.1) is 0 Å². The summed E-state index contributed by atoms with van der Waals surface area (Å²) in [6.45, 7) is 5.83. The fourth-order valence-corrected chi connectivity index (χ4v) is 5.33. The minimum atomic E-state index is -1.41. The number of fused-ring (bicyclic) bond motifs is 1. The summed E-state index contributed by atoms with van der Waals surface area (Å²) in [5, 5.41) is 23.9. The lowest BCUT2D eigenvalue weighted by Crippen LogP contribution is -2.43. The van der Waals surface area contributed by atoms with E-state index in [0.29, 0.717) is 43.5 Å². The number of ether oxygens (including phenoxy) is 2. The molecule has 0 radical (unpaired) electrons. The fraction of sp³-hybridized carbons (Fsp3) is 0.690. The average molecular weight is 584 g/mol. The maximum atomic E-state index is 12.5. The van der Waals surface area contributed by atoms with Gasteiger partial charge in [0.1, 0.15) is 17.7 Å². The number of piperidine rings is 1. The summed E-state index contributed by atoms with van der Waals surface area (Å²) < 4.78 is 12.7. The van der Waals surface area contributed by atoms with Gasteiger partial charge in [-0.25, -0.2) is 19.7 Å². The highest BCUT2D eigenvalue weighted by Gasteiger charge is 2.48. The molecule has 2 aromatic heterocycles. The van der Waals surface area contributed by atoms with Crippen molar-refractivity contribution >= 4 is 29.0 Å². The van der Waals surface area contributed by atoms with E-state index in [-0.39, 0.29) is 29.4 Å². The molecule has 2 amide bonds. The van der Waals surface area contributed by atoms with Gasteiger partial charge in [-0.3, -0.25) is 9.36 Å². The monoisotopic (exact) mass is 583 g/mol. The molecular formula is C29H41N7O6. The van der Waals surface area contributed by atoms with Gasteiger partial charge in [0.05, 0.1) is 12.9 Å². The Morgan fingerprint density at radius 1 is 1.10 bits per heavy atom. The number of carbonyl (C=O) groups is 2. The molecule has 42 heavy (non-hydrogen) atoms. The lowest BCUT2D eigenvalue weighted by molar-refractivity contribution is -0.137. The van der Waals surface area contributed by atoms with Crippen molar-refractivity contribution in [2.45, 2.75) is 95.8 Å². The molecule has 4 fully saturated rings. The summed E-state index contributed by atoms with van der Waals surface area (Å²) in [6.07, 6.45) is 3.71. The van der Waals surface area contributed by atoms with Crippen LogP contribution in [0.3, 0.4) is 0 Å². The van der Waals surface area contributed by atoms with Crippen LogP contribution in [0.4, 0.5) is 10.6 Å². The van der Waals surface area contributed by atoms with E-state index in [4.69, 9.17) is 15.2 Å². The Kier molecular flexibility index (Phi) is 9.45. The second-order valence-electron chi connectivity index (χ2n) is 11.3. The fourth-order valence-electron chi connectivity index (χ4n) is 5.33. The Hall–Kier alpha value is -3.47. The van der Waals surface area contributed by atoms with Crippen LogP contribution < -0.4 is 11.1 Å². The maximum Gasteiger partial charge on any atom is 0.409 e. The number of nitrogens with zero attached hydrogens (tertiary/aromatic N) is 5. The average Bonchev–Trinajstić information content (AvgIpc) is 3.60. The molecule has 2 saturated carbocycles. The summed E-state index contributed by atoms with van der Waals surface area (Å²) >= 11 is 0. The van der Waals surface area contributed by atoms with Gasteiger partial charge in [-0.05, 0) is 56.3 Å². The van der Waals surface area contributed by atoms with Crippen molar-refractivity contribution < 1.29 is 29.3 Å². The van der Waals surface area contributed by atoms with Crippen LogP contribution in [0.15, 0.2) is 6.33 Å². The van der Waals surface area contributed by atoms with E-state index in [1.54, 1.807) is 4.90 Å². The highest BCUT2D eigenvalue weighted by molar-refractivity contribution is 5.83. The molecule has 2 aliphatic carbocycles. The zero-order valence-electron chi connectivity index (χ0n) is 24.2. The van der Waals surface area contributed by atoms with Crippen molar-refractivity contribution in [1.29, 1.82) is 0 Å². The second-order valence-corrected chi connectivity index (χ2v) is 11.3. The number of hydrogen-bond acceptors (Lipinski definition) is 10. The molecule has 5 N–H and O–H groups in total. The molecule has 228 valence electrons. The minimum Gasteiger partial charge on any atom is -0.449 e. The van der Waals surface area contributed by atoms with Gasteiger partial charge in [-0.1, -0.05) is 26.2 Å². The maximum absolute atomic E-state index is 12.5. The number of hydrogen-bond donors (Lipinski definition) is 4.